The van der Waals surface area contributed by atoms with Crippen LogP contribution in [0.4, 0.5) is 0 Å². The van der Waals surface area contributed by atoms with Crippen LogP contribution in [0, 0.1) is 5.92 Å². The van der Waals surface area contributed by atoms with Crippen LogP contribution in [0.25, 0.3) is 0 Å². The second-order valence-corrected chi connectivity index (χ2v) is 6.99. The fourth-order valence-corrected chi connectivity index (χ4v) is 5.31. The average molecular weight is 232 g/mol. The zero-order valence-corrected chi connectivity index (χ0v) is 10.1. The van der Waals surface area contributed by atoms with Gasteiger partial charge < -0.3 is 5.73 Å². The monoisotopic (exact) mass is 232 g/mol. The Morgan fingerprint density at radius 1 is 1.40 bits per heavy atom. The van der Waals surface area contributed by atoms with Gasteiger partial charge in [0.25, 0.3) is 0 Å². The van der Waals surface area contributed by atoms with Crippen molar-refractivity contribution in [3.63, 3.8) is 0 Å². The molecule has 0 aromatic heterocycles. The van der Waals surface area contributed by atoms with Gasteiger partial charge in [-0.3, -0.25) is 0 Å². The molecule has 1 aliphatic carbocycles. The van der Waals surface area contributed by atoms with E-state index < -0.39 is 10.0 Å². The minimum atomic E-state index is -3.04. The molecule has 0 radical (unpaired) electrons. The van der Waals surface area contributed by atoms with E-state index in [1.165, 1.54) is 0 Å². The summed E-state index contributed by atoms with van der Waals surface area (Å²) in [6, 6.07) is 0. The first kappa shape index (κ1) is 11.4. The van der Waals surface area contributed by atoms with Gasteiger partial charge in [0.05, 0.1) is 5.75 Å². The highest BCUT2D eigenvalue weighted by molar-refractivity contribution is 7.89. The fraction of sp³-hybridized carbons (Fsp3) is 1.00. The molecule has 1 heterocycles. The van der Waals surface area contributed by atoms with E-state index in [-0.39, 0.29) is 11.5 Å². The van der Waals surface area contributed by atoms with Crippen molar-refractivity contribution in [1.29, 1.82) is 0 Å². The summed E-state index contributed by atoms with van der Waals surface area (Å²) >= 11 is 0. The largest absolute Gasteiger partial charge is 0.329 e. The molecule has 88 valence electrons. The van der Waals surface area contributed by atoms with Crippen molar-refractivity contribution in [3.8, 4) is 0 Å². The van der Waals surface area contributed by atoms with E-state index in [0.717, 1.165) is 25.7 Å². The van der Waals surface area contributed by atoms with Crippen LogP contribution in [0.15, 0.2) is 0 Å². The number of sulfonamides is 1. The summed E-state index contributed by atoms with van der Waals surface area (Å²) in [6.07, 6.45) is 4.10. The summed E-state index contributed by atoms with van der Waals surface area (Å²) in [6.45, 7) is 3.13. The molecule has 15 heavy (non-hydrogen) atoms. The highest BCUT2D eigenvalue weighted by atomic mass is 32.2. The third-order valence-corrected chi connectivity index (χ3v) is 5.95. The smallest absolute Gasteiger partial charge is 0.214 e. The summed E-state index contributed by atoms with van der Waals surface area (Å²) in [5.41, 5.74) is 5.56. The maximum Gasteiger partial charge on any atom is 0.214 e. The lowest BCUT2D eigenvalue weighted by Gasteiger charge is -2.36. The van der Waals surface area contributed by atoms with Crippen LogP contribution in [-0.2, 0) is 10.0 Å². The van der Waals surface area contributed by atoms with Crippen molar-refractivity contribution in [3.05, 3.63) is 0 Å². The zero-order valence-electron chi connectivity index (χ0n) is 9.28. The summed E-state index contributed by atoms with van der Waals surface area (Å²) in [5, 5.41) is 0. The maximum atomic E-state index is 12.0. The number of hydrogen-bond acceptors (Lipinski definition) is 3. The number of hydrogen-bond donors (Lipinski definition) is 1. The lowest BCUT2D eigenvalue weighted by molar-refractivity contribution is 0.200. The van der Waals surface area contributed by atoms with E-state index in [2.05, 4.69) is 0 Å². The van der Waals surface area contributed by atoms with Gasteiger partial charge in [0.15, 0.2) is 0 Å². The highest BCUT2D eigenvalue weighted by Gasteiger charge is 2.48. The van der Waals surface area contributed by atoms with Crippen LogP contribution >= 0.6 is 0 Å². The molecule has 1 aliphatic heterocycles. The zero-order chi connectivity index (χ0) is 11.1. The number of nitrogens with two attached hydrogens (primary N) is 1. The van der Waals surface area contributed by atoms with Gasteiger partial charge in [-0.1, -0.05) is 19.8 Å². The predicted octanol–water partition coefficient (Wildman–Crippen LogP) is 0.539. The lowest BCUT2D eigenvalue weighted by atomic mass is 9.97. The molecule has 2 fully saturated rings. The minimum Gasteiger partial charge on any atom is -0.329 e. The van der Waals surface area contributed by atoms with Crippen molar-refractivity contribution >= 4 is 10.0 Å². The molecule has 2 N–H and O–H groups in total. The normalized spacial score (nSPS) is 34.7. The second-order valence-electron chi connectivity index (χ2n) is 5.05. The van der Waals surface area contributed by atoms with Crippen molar-refractivity contribution in [1.82, 2.24) is 4.31 Å². The van der Waals surface area contributed by atoms with Crippen LogP contribution in [0.2, 0.25) is 0 Å². The van der Waals surface area contributed by atoms with Gasteiger partial charge >= 0.3 is 0 Å². The Balaban J connectivity index is 2.29. The van der Waals surface area contributed by atoms with Crippen LogP contribution in [-0.4, -0.2) is 37.1 Å². The Morgan fingerprint density at radius 2 is 2.00 bits per heavy atom. The Kier molecular flexibility index (Phi) is 2.81. The molecule has 0 amide bonds. The highest BCUT2D eigenvalue weighted by Crippen LogP contribution is 2.39. The quantitative estimate of drug-likeness (QED) is 0.756. The molecule has 2 rings (SSSR count). The third-order valence-electron chi connectivity index (χ3n) is 3.75. The van der Waals surface area contributed by atoms with Crippen molar-refractivity contribution in [2.75, 3.05) is 18.8 Å². The predicted molar refractivity (Wildman–Crippen MR) is 59.9 cm³/mol. The van der Waals surface area contributed by atoms with E-state index in [4.69, 9.17) is 5.73 Å². The summed E-state index contributed by atoms with van der Waals surface area (Å²) in [5.74, 6) is 0.549. The van der Waals surface area contributed by atoms with Crippen molar-refractivity contribution in [2.24, 2.45) is 11.7 Å². The summed E-state index contributed by atoms with van der Waals surface area (Å²) in [4.78, 5) is 0. The van der Waals surface area contributed by atoms with Crippen LogP contribution in [0.3, 0.4) is 0 Å². The first-order chi connectivity index (χ1) is 7.00. The summed E-state index contributed by atoms with van der Waals surface area (Å²) in [7, 11) is -3.04. The number of nitrogens with zero attached hydrogens (tertiary/aromatic N) is 1. The van der Waals surface area contributed by atoms with E-state index in [1.807, 2.05) is 6.92 Å². The van der Waals surface area contributed by atoms with Gasteiger partial charge in [0.2, 0.25) is 10.0 Å². The number of rotatable bonds is 2. The average Bonchev–Trinajstić information content (AvgIpc) is 2.71. The molecule has 1 saturated heterocycles. The van der Waals surface area contributed by atoms with Gasteiger partial charge in [-0.2, -0.15) is 4.31 Å². The van der Waals surface area contributed by atoms with Gasteiger partial charge in [0.1, 0.15) is 0 Å². The van der Waals surface area contributed by atoms with E-state index in [9.17, 15) is 8.42 Å². The van der Waals surface area contributed by atoms with Crippen LogP contribution in [0.5, 0.6) is 0 Å². The second kappa shape index (κ2) is 3.71. The molecular weight excluding hydrogens is 212 g/mol. The Bertz CT molecular complexity index is 333. The molecule has 1 atom stereocenters. The SMILES string of the molecule is CC1CN(C2(CN)CCCC2)S(=O)(=O)C1. The molecule has 2 aliphatic rings. The topological polar surface area (TPSA) is 63.4 Å². The molecule has 0 aromatic carbocycles. The third kappa shape index (κ3) is 1.81. The van der Waals surface area contributed by atoms with Gasteiger partial charge in [-0.25, -0.2) is 8.42 Å². The van der Waals surface area contributed by atoms with Gasteiger partial charge in [-0.05, 0) is 18.8 Å². The van der Waals surface area contributed by atoms with Crippen molar-refractivity contribution < 1.29 is 8.42 Å². The molecular formula is C10H20N2O2S. The lowest BCUT2D eigenvalue weighted by Crippen LogP contribution is -2.52. The first-order valence-corrected chi connectivity index (χ1v) is 7.32. The molecule has 1 unspecified atom stereocenters. The molecule has 1 saturated carbocycles. The first-order valence-electron chi connectivity index (χ1n) is 5.71. The van der Waals surface area contributed by atoms with E-state index in [1.54, 1.807) is 4.31 Å². The Morgan fingerprint density at radius 3 is 2.40 bits per heavy atom. The minimum absolute atomic E-state index is 0.246. The molecule has 5 heteroatoms. The van der Waals surface area contributed by atoms with Gasteiger partial charge in [0, 0.05) is 18.6 Å². The molecule has 4 nitrogen and oxygen atoms in total. The van der Waals surface area contributed by atoms with Gasteiger partial charge in [-0.15, -0.1) is 0 Å². The van der Waals surface area contributed by atoms with Crippen LogP contribution in [0.1, 0.15) is 32.6 Å². The standard InChI is InChI=1S/C10H20N2O2S/c1-9-6-12(15(13,14)7-9)10(8-11)4-2-3-5-10/h9H,2-8,11H2,1H3. The van der Waals surface area contributed by atoms with E-state index in [0.29, 0.717) is 18.8 Å². The van der Waals surface area contributed by atoms with Crippen molar-refractivity contribution in [2.45, 2.75) is 38.1 Å². The Labute approximate surface area is 91.9 Å². The molecule has 0 aromatic rings. The van der Waals surface area contributed by atoms with E-state index >= 15 is 0 Å². The maximum absolute atomic E-state index is 12.0. The molecule has 0 spiro atoms. The fourth-order valence-electron chi connectivity index (χ4n) is 2.98. The summed E-state index contributed by atoms with van der Waals surface area (Å²) < 4.78 is 25.7. The Hall–Kier alpha value is -0.130. The van der Waals surface area contributed by atoms with Crippen LogP contribution < -0.4 is 5.73 Å². The molecule has 0 bridgehead atoms.